The van der Waals surface area contributed by atoms with Gasteiger partial charge in [-0.3, -0.25) is 9.78 Å². The van der Waals surface area contributed by atoms with Crippen molar-refractivity contribution in [2.75, 3.05) is 6.61 Å². The molecule has 1 amide bonds. The molecule has 0 spiro atoms. The van der Waals surface area contributed by atoms with Gasteiger partial charge in [0, 0.05) is 22.9 Å². The summed E-state index contributed by atoms with van der Waals surface area (Å²) in [4.78, 5) is 16.0. The van der Waals surface area contributed by atoms with Gasteiger partial charge < -0.3 is 10.1 Å². The maximum absolute atomic E-state index is 12.1. The van der Waals surface area contributed by atoms with Crippen LogP contribution < -0.4 is 5.32 Å². The first-order valence-electron chi connectivity index (χ1n) is 6.69. The van der Waals surface area contributed by atoms with Crippen molar-refractivity contribution in [1.82, 2.24) is 10.3 Å². The lowest BCUT2D eigenvalue weighted by Gasteiger charge is -2.15. The second kappa shape index (κ2) is 7.90. The summed E-state index contributed by atoms with van der Waals surface area (Å²) < 4.78 is 6.29. The molecule has 1 aromatic carbocycles. The molecule has 4 nitrogen and oxygen atoms in total. The summed E-state index contributed by atoms with van der Waals surface area (Å²) in [7, 11) is 0. The molecule has 0 aliphatic rings. The Hall–Kier alpha value is -1.72. The van der Waals surface area contributed by atoms with Crippen LogP contribution in [0.15, 0.2) is 53.3 Å². The summed E-state index contributed by atoms with van der Waals surface area (Å²) in [5, 5.41) is 2.90. The third-order valence-corrected chi connectivity index (χ3v) is 3.51. The molecule has 0 aliphatic carbocycles. The van der Waals surface area contributed by atoms with Gasteiger partial charge in [-0.15, -0.1) is 0 Å². The van der Waals surface area contributed by atoms with Crippen molar-refractivity contribution in [2.45, 2.75) is 19.6 Å². The molecule has 21 heavy (non-hydrogen) atoms. The fourth-order valence-electron chi connectivity index (χ4n) is 1.83. The lowest BCUT2D eigenvalue weighted by molar-refractivity contribution is 0.0819. The van der Waals surface area contributed by atoms with Crippen molar-refractivity contribution in [1.29, 1.82) is 0 Å². The number of nitrogens with one attached hydrogen (secondary N) is 1. The summed E-state index contributed by atoms with van der Waals surface area (Å²) in [6, 6.07) is 11.6. The lowest BCUT2D eigenvalue weighted by Crippen LogP contribution is -2.36. The number of benzene rings is 1. The van der Waals surface area contributed by atoms with Crippen LogP contribution in [0.1, 0.15) is 22.8 Å². The second-order valence-electron chi connectivity index (χ2n) is 4.73. The molecule has 0 aliphatic heterocycles. The van der Waals surface area contributed by atoms with Crippen LogP contribution in [0.5, 0.6) is 0 Å². The Morgan fingerprint density at radius 1 is 1.33 bits per heavy atom. The number of ether oxygens (including phenoxy) is 1. The van der Waals surface area contributed by atoms with E-state index >= 15 is 0 Å². The molecule has 0 saturated heterocycles. The molecular formula is C16H17BrN2O2. The summed E-state index contributed by atoms with van der Waals surface area (Å²) >= 11 is 3.32. The zero-order valence-corrected chi connectivity index (χ0v) is 13.3. The summed E-state index contributed by atoms with van der Waals surface area (Å²) in [6.07, 6.45) is 3.20. The van der Waals surface area contributed by atoms with E-state index in [0.29, 0.717) is 23.2 Å². The zero-order valence-electron chi connectivity index (χ0n) is 11.8. The maximum Gasteiger partial charge on any atom is 0.252 e. The highest BCUT2D eigenvalue weighted by molar-refractivity contribution is 9.10. The molecule has 110 valence electrons. The van der Waals surface area contributed by atoms with Crippen LogP contribution in [0.4, 0.5) is 0 Å². The first-order valence-corrected chi connectivity index (χ1v) is 7.48. The van der Waals surface area contributed by atoms with Crippen molar-refractivity contribution in [3.8, 4) is 0 Å². The van der Waals surface area contributed by atoms with E-state index in [4.69, 9.17) is 4.74 Å². The van der Waals surface area contributed by atoms with Crippen molar-refractivity contribution in [3.05, 3.63) is 64.4 Å². The predicted molar refractivity (Wildman–Crippen MR) is 85.0 cm³/mol. The van der Waals surface area contributed by atoms with E-state index in [2.05, 4.69) is 26.2 Å². The minimum Gasteiger partial charge on any atom is -0.375 e. The number of carbonyl (C=O) groups is 1. The number of pyridine rings is 1. The van der Waals surface area contributed by atoms with Crippen molar-refractivity contribution >= 4 is 21.8 Å². The Balaban J connectivity index is 1.78. The standard InChI is InChI=1S/C16H17BrN2O2/c1-12(10-21-11-13-5-3-2-4-6-13)19-16(20)14-7-8-18-9-15(14)17/h2-9,12H,10-11H2,1H3,(H,19,20). The van der Waals surface area contributed by atoms with Gasteiger partial charge in [0.25, 0.3) is 5.91 Å². The number of hydrogen-bond donors (Lipinski definition) is 1. The van der Waals surface area contributed by atoms with Gasteiger partial charge in [-0.05, 0) is 34.5 Å². The van der Waals surface area contributed by atoms with E-state index in [0.717, 1.165) is 5.56 Å². The Morgan fingerprint density at radius 3 is 2.81 bits per heavy atom. The molecule has 0 saturated carbocycles. The molecule has 2 aromatic rings. The molecule has 2 rings (SSSR count). The average molecular weight is 349 g/mol. The fraction of sp³-hybridized carbons (Fsp3) is 0.250. The van der Waals surface area contributed by atoms with Crippen LogP contribution in [-0.4, -0.2) is 23.5 Å². The average Bonchev–Trinajstić information content (AvgIpc) is 2.48. The van der Waals surface area contributed by atoms with Crippen molar-refractivity contribution < 1.29 is 9.53 Å². The van der Waals surface area contributed by atoms with Crippen molar-refractivity contribution in [2.24, 2.45) is 0 Å². The van der Waals surface area contributed by atoms with Gasteiger partial charge in [0.1, 0.15) is 0 Å². The van der Waals surface area contributed by atoms with Crippen LogP contribution in [0.3, 0.4) is 0 Å². The molecule has 1 heterocycles. The molecule has 1 atom stereocenters. The van der Waals surface area contributed by atoms with Crippen LogP contribution in [0.25, 0.3) is 0 Å². The highest BCUT2D eigenvalue weighted by Crippen LogP contribution is 2.14. The predicted octanol–water partition coefficient (Wildman–Crippen LogP) is 3.18. The third-order valence-electron chi connectivity index (χ3n) is 2.87. The minimum absolute atomic E-state index is 0.0683. The number of carbonyl (C=O) groups excluding carboxylic acids is 1. The van der Waals surface area contributed by atoms with Crippen LogP contribution in [-0.2, 0) is 11.3 Å². The van der Waals surface area contributed by atoms with E-state index in [1.54, 1.807) is 18.5 Å². The van der Waals surface area contributed by atoms with Gasteiger partial charge in [-0.2, -0.15) is 0 Å². The highest BCUT2D eigenvalue weighted by atomic mass is 79.9. The molecule has 1 N–H and O–H groups in total. The van der Waals surface area contributed by atoms with Gasteiger partial charge in [0.05, 0.1) is 18.8 Å². The molecule has 5 heteroatoms. The van der Waals surface area contributed by atoms with Gasteiger partial charge >= 0.3 is 0 Å². The third kappa shape index (κ3) is 4.95. The summed E-state index contributed by atoms with van der Waals surface area (Å²) in [6.45, 7) is 2.92. The molecule has 1 aromatic heterocycles. The van der Waals surface area contributed by atoms with Gasteiger partial charge in [0.15, 0.2) is 0 Å². The molecule has 1 unspecified atom stereocenters. The molecular weight excluding hydrogens is 332 g/mol. The van der Waals surface area contributed by atoms with Crippen LogP contribution in [0.2, 0.25) is 0 Å². The topological polar surface area (TPSA) is 51.2 Å². The van der Waals surface area contributed by atoms with Gasteiger partial charge in [0.2, 0.25) is 0 Å². The largest absolute Gasteiger partial charge is 0.375 e. The summed E-state index contributed by atoms with van der Waals surface area (Å²) in [5.41, 5.74) is 1.69. The normalized spacial score (nSPS) is 11.9. The van der Waals surface area contributed by atoms with E-state index in [-0.39, 0.29) is 11.9 Å². The first kappa shape index (κ1) is 15.7. The Morgan fingerprint density at radius 2 is 2.10 bits per heavy atom. The Bertz CT molecular complexity index is 590. The number of rotatable bonds is 6. The number of amides is 1. The highest BCUT2D eigenvalue weighted by Gasteiger charge is 2.12. The Labute approximate surface area is 132 Å². The quantitative estimate of drug-likeness (QED) is 0.872. The number of aromatic nitrogens is 1. The number of hydrogen-bond acceptors (Lipinski definition) is 3. The summed E-state index contributed by atoms with van der Waals surface area (Å²) in [5.74, 6) is -0.139. The first-order chi connectivity index (χ1) is 10.2. The monoisotopic (exact) mass is 348 g/mol. The fourth-order valence-corrected chi connectivity index (χ4v) is 2.26. The number of halogens is 1. The van der Waals surface area contributed by atoms with Gasteiger partial charge in [-0.25, -0.2) is 0 Å². The second-order valence-corrected chi connectivity index (χ2v) is 5.59. The van der Waals surface area contributed by atoms with Crippen LogP contribution >= 0.6 is 15.9 Å². The van der Waals surface area contributed by atoms with Crippen molar-refractivity contribution in [3.63, 3.8) is 0 Å². The van der Waals surface area contributed by atoms with Gasteiger partial charge in [-0.1, -0.05) is 30.3 Å². The van der Waals surface area contributed by atoms with E-state index in [9.17, 15) is 4.79 Å². The molecule has 0 radical (unpaired) electrons. The lowest BCUT2D eigenvalue weighted by atomic mass is 10.2. The number of nitrogens with zero attached hydrogens (tertiary/aromatic N) is 1. The minimum atomic E-state index is -0.139. The smallest absolute Gasteiger partial charge is 0.252 e. The van der Waals surface area contributed by atoms with E-state index in [1.807, 2.05) is 37.3 Å². The SMILES string of the molecule is CC(COCc1ccccc1)NC(=O)c1ccncc1Br. The molecule has 0 bridgehead atoms. The molecule has 0 fully saturated rings. The Kier molecular flexibility index (Phi) is 5.90. The van der Waals surface area contributed by atoms with E-state index < -0.39 is 0 Å². The van der Waals surface area contributed by atoms with E-state index in [1.165, 1.54) is 0 Å². The maximum atomic E-state index is 12.1. The zero-order chi connectivity index (χ0) is 15.1. The van der Waals surface area contributed by atoms with Crippen LogP contribution in [0, 0.1) is 0 Å².